The number of unbranched alkanes of at least 4 members (excludes halogenated alkanes) is 1. The summed E-state index contributed by atoms with van der Waals surface area (Å²) >= 11 is 0. The lowest BCUT2D eigenvalue weighted by Gasteiger charge is -2.06. The second-order valence-corrected chi connectivity index (χ2v) is 9.18. The first-order valence-corrected chi connectivity index (χ1v) is 10.1. The maximum atomic E-state index is 11.4. The smallest absolute Gasteiger partial charge is 0.244 e. The maximum Gasteiger partial charge on any atom is 0.462 e. The Labute approximate surface area is 128 Å². The molecule has 2 unspecified atom stereocenters. The summed E-state index contributed by atoms with van der Waals surface area (Å²) < 4.78 is 11.4. The fourth-order valence-corrected chi connectivity index (χ4v) is 4.35. The minimum atomic E-state index is -4.23. The molecule has 0 aliphatic rings. The van der Waals surface area contributed by atoms with Crippen molar-refractivity contribution in [2.45, 2.75) is 58.3 Å². The van der Waals surface area contributed by atoms with Crippen molar-refractivity contribution in [3.63, 3.8) is 0 Å². The molecule has 0 spiro atoms. The Bertz CT molecular complexity index is 406. The van der Waals surface area contributed by atoms with Crippen LogP contribution < -0.4 is 0 Å². The fraction of sp³-hybridized carbons (Fsp3) is 0.643. The lowest BCUT2D eigenvalue weighted by molar-refractivity contribution is 0.323. The van der Waals surface area contributed by atoms with Crippen LogP contribution in [0.15, 0.2) is 23.3 Å². The summed E-state index contributed by atoms with van der Waals surface area (Å²) in [6, 6.07) is 0.178. The Kier molecular flexibility index (Phi) is 10.1. The molecule has 0 aliphatic heterocycles. The second kappa shape index (κ2) is 10.3. The number of carbonyl (C=O) groups excluding carboxylic acids is 1. The Hall–Kier alpha value is -0.440. The van der Waals surface area contributed by atoms with Gasteiger partial charge >= 0.3 is 27.2 Å². The first kappa shape index (κ1) is 20.6. The number of allylic oxidation sites excluding steroid dienone is 4. The van der Waals surface area contributed by atoms with E-state index in [1.807, 2.05) is 6.92 Å². The molecule has 0 aromatic heterocycles. The predicted octanol–water partition coefficient (Wildman–Crippen LogP) is 3.93. The predicted molar refractivity (Wildman–Crippen MR) is 88.0 cm³/mol. The van der Waals surface area contributed by atoms with Crippen LogP contribution in [0.2, 0.25) is 0 Å². The highest BCUT2D eigenvalue weighted by Crippen LogP contribution is 2.60. The highest BCUT2D eigenvalue weighted by molar-refractivity contribution is 7.77. The lowest BCUT2D eigenvalue weighted by Crippen LogP contribution is -2.09. The first-order valence-electron chi connectivity index (χ1n) is 6.95. The van der Waals surface area contributed by atoms with E-state index in [0.29, 0.717) is 12.8 Å². The van der Waals surface area contributed by atoms with Crippen LogP contribution in [0.25, 0.3) is 0 Å². The van der Waals surface area contributed by atoms with Gasteiger partial charge in [-0.1, -0.05) is 27.9 Å². The topological polar surface area (TPSA) is 94.8 Å². The van der Waals surface area contributed by atoms with E-state index in [1.54, 1.807) is 0 Å². The summed E-state index contributed by atoms with van der Waals surface area (Å²) in [5.41, 5.74) is 2.53. The van der Waals surface area contributed by atoms with E-state index in [1.165, 1.54) is 11.1 Å². The summed E-state index contributed by atoms with van der Waals surface area (Å²) in [5, 5.41) is -1.23. The van der Waals surface area contributed by atoms with E-state index in [4.69, 9.17) is 0 Å². The van der Waals surface area contributed by atoms with Crippen molar-refractivity contribution in [1.29, 1.82) is 0 Å². The van der Waals surface area contributed by atoms with Gasteiger partial charge in [-0.15, -0.1) is 0 Å². The van der Waals surface area contributed by atoms with Gasteiger partial charge in [-0.3, -0.25) is 0 Å². The van der Waals surface area contributed by atoms with Crippen LogP contribution in [-0.2, 0) is 9.36 Å². The van der Waals surface area contributed by atoms with Crippen LogP contribution >= 0.6 is 15.7 Å². The average molecular weight is 336 g/mol. The number of hydrogen-bond donors (Lipinski definition) is 3. The van der Waals surface area contributed by atoms with Gasteiger partial charge in [-0.25, -0.2) is 4.79 Å². The van der Waals surface area contributed by atoms with Gasteiger partial charge in [0.05, 0.1) is 0 Å². The molecule has 21 heavy (non-hydrogen) atoms. The number of hydrogen-bond acceptors (Lipinski definition) is 5. The molecule has 0 saturated carbocycles. The molecule has 0 radical (unpaired) electrons. The van der Waals surface area contributed by atoms with Gasteiger partial charge in [-0.2, -0.15) is 14.7 Å². The number of rotatable bonds is 10. The lowest BCUT2D eigenvalue weighted by atomic mass is 10.1. The molecule has 3 N–H and O–H groups in total. The molecule has 0 fully saturated rings. The summed E-state index contributed by atoms with van der Waals surface area (Å²) in [6.07, 6.45) is 7.57. The second-order valence-electron chi connectivity index (χ2n) is 5.36. The van der Waals surface area contributed by atoms with Gasteiger partial charge in [-0.05, 0) is 46.5 Å². The van der Waals surface area contributed by atoms with Gasteiger partial charge in [0.15, 0.2) is 0 Å². The molecule has 0 aliphatic carbocycles. The van der Waals surface area contributed by atoms with Crippen LogP contribution in [0.4, 0.5) is 0 Å². The Morgan fingerprint density at radius 3 is 2.24 bits per heavy atom. The molecule has 0 amide bonds. The normalized spacial score (nSPS) is 14.6. The monoisotopic (exact) mass is 336 g/mol. The standard InChI is InChI=1S/C14H26O5P2/c1-12(2)7-6-9-13(3)8-4-5-10-14(20(16)11-15)21(17,18)19/h7-8,11,14,17-19H,4-6,9-10H2,1-3H3/q+2. The molecule has 7 heteroatoms. The van der Waals surface area contributed by atoms with Gasteiger partial charge in [0, 0.05) is 6.42 Å². The van der Waals surface area contributed by atoms with Crippen molar-refractivity contribution >= 4 is 21.8 Å². The van der Waals surface area contributed by atoms with Crippen molar-refractivity contribution in [1.82, 2.24) is 0 Å². The van der Waals surface area contributed by atoms with Crippen molar-refractivity contribution in [2.75, 3.05) is 0 Å². The van der Waals surface area contributed by atoms with Gasteiger partial charge in [0.1, 0.15) is 0 Å². The van der Waals surface area contributed by atoms with E-state index < -0.39 is 21.1 Å². The average Bonchev–Trinajstić information content (AvgIpc) is 2.35. The summed E-state index contributed by atoms with van der Waals surface area (Å²) in [5.74, 6) is 0. The van der Waals surface area contributed by atoms with Crippen LogP contribution in [0, 0.1) is 0 Å². The summed E-state index contributed by atoms with van der Waals surface area (Å²) in [7, 11) is -6.67. The third-order valence-corrected chi connectivity index (χ3v) is 6.77. The van der Waals surface area contributed by atoms with Crippen LogP contribution in [0.5, 0.6) is 0 Å². The van der Waals surface area contributed by atoms with E-state index in [0.717, 1.165) is 12.8 Å². The van der Waals surface area contributed by atoms with Gasteiger partial charge in [0.2, 0.25) is 0 Å². The molecule has 0 aromatic carbocycles. The zero-order valence-electron chi connectivity index (χ0n) is 12.9. The van der Waals surface area contributed by atoms with Crippen molar-refractivity contribution in [3.8, 4) is 0 Å². The quantitative estimate of drug-likeness (QED) is 0.243. The van der Waals surface area contributed by atoms with Gasteiger partial charge < -0.3 is 0 Å². The van der Waals surface area contributed by atoms with Crippen LogP contribution in [-0.4, -0.2) is 26.1 Å². The molecule has 0 heterocycles. The molecule has 0 bridgehead atoms. The van der Waals surface area contributed by atoms with Crippen LogP contribution in [0.3, 0.4) is 0 Å². The van der Waals surface area contributed by atoms with E-state index >= 15 is 0 Å². The van der Waals surface area contributed by atoms with E-state index in [-0.39, 0.29) is 12.4 Å². The van der Waals surface area contributed by atoms with Crippen LogP contribution in [0.1, 0.15) is 52.9 Å². The maximum absolute atomic E-state index is 11.4. The third kappa shape index (κ3) is 10.00. The van der Waals surface area contributed by atoms with E-state index in [2.05, 4.69) is 26.0 Å². The molecule has 120 valence electrons. The Balaban J connectivity index is 4.24. The molecular formula is C14H26O5P2+2. The SMILES string of the molecule is CC(C)=CCCC(C)=CCCCC([P+](=O)C=O)[P+](O)(O)O. The minimum absolute atomic E-state index is 0.156. The zero-order chi connectivity index (χ0) is 16.5. The number of carbonyl (C=O) groups is 1. The molecule has 2 atom stereocenters. The summed E-state index contributed by atoms with van der Waals surface area (Å²) in [6.45, 7) is 6.15. The molecular weight excluding hydrogens is 310 g/mol. The zero-order valence-corrected chi connectivity index (χ0v) is 14.7. The first-order chi connectivity index (χ1) is 9.68. The molecule has 5 nitrogen and oxygen atoms in total. The largest absolute Gasteiger partial charge is 0.462 e. The van der Waals surface area contributed by atoms with Gasteiger partial charge in [0.25, 0.3) is 0 Å². The molecule has 0 saturated heterocycles. The van der Waals surface area contributed by atoms with Crippen molar-refractivity contribution in [3.05, 3.63) is 23.3 Å². The highest BCUT2D eigenvalue weighted by atomic mass is 31.2. The van der Waals surface area contributed by atoms with E-state index in [9.17, 15) is 24.0 Å². The highest BCUT2D eigenvalue weighted by Gasteiger charge is 2.56. The Morgan fingerprint density at radius 2 is 1.76 bits per heavy atom. The minimum Gasteiger partial charge on any atom is -0.244 e. The Morgan fingerprint density at radius 1 is 1.14 bits per heavy atom. The van der Waals surface area contributed by atoms with Crippen molar-refractivity contribution < 1.29 is 24.0 Å². The van der Waals surface area contributed by atoms with Crippen molar-refractivity contribution in [2.24, 2.45) is 0 Å². The fourth-order valence-electron chi connectivity index (χ4n) is 1.86. The molecule has 0 aromatic rings. The third-order valence-electron chi connectivity index (χ3n) is 3.05. The molecule has 0 rings (SSSR count). The summed E-state index contributed by atoms with van der Waals surface area (Å²) in [4.78, 5) is 38.1.